The Labute approximate surface area is 256 Å². The first kappa shape index (κ1) is 32.6. The summed E-state index contributed by atoms with van der Waals surface area (Å²) in [6.45, 7) is 2.72. The number of anilines is 1. The highest BCUT2D eigenvalue weighted by Crippen LogP contribution is 2.34. The Hall–Kier alpha value is -4.29. The minimum Gasteiger partial charge on any atom is -0.475 e. The van der Waals surface area contributed by atoms with E-state index in [1.54, 1.807) is 18.3 Å². The first-order chi connectivity index (χ1) is 20.8. The van der Waals surface area contributed by atoms with Gasteiger partial charge in [-0.25, -0.2) is 4.79 Å². The number of para-hydroxylation sites is 1. The molecule has 0 fully saturated rings. The monoisotopic (exact) mass is 631 g/mol. The molecular formula is C31H33ClF3N5O4. The van der Waals surface area contributed by atoms with Gasteiger partial charge in [0.25, 0.3) is 5.91 Å². The van der Waals surface area contributed by atoms with E-state index >= 15 is 0 Å². The molecule has 4 aromatic rings. The van der Waals surface area contributed by atoms with Gasteiger partial charge >= 0.3 is 12.1 Å². The summed E-state index contributed by atoms with van der Waals surface area (Å²) in [4.78, 5) is 44.8. The molecule has 5 N–H and O–H groups in total. The molecular weight excluding hydrogens is 599 g/mol. The van der Waals surface area contributed by atoms with Gasteiger partial charge in [-0.15, -0.1) is 0 Å². The molecule has 1 aliphatic rings. The van der Waals surface area contributed by atoms with Gasteiger partial charge in [0.15, 0.2) is 5.78 Å². The molecule has 4 atom stereocenters. The van der Waals surface area contributed by atoms with E-state index in [-0.39, 0.29) is 23.5 Å². The second-order valence-corrected chi connectivity index (χ2v) is 11.4. The number of benzene rings is 2. The predicted molar refractivity (Wildman–Crippen MR) is 162 cm³/mol. The highest BCUT2D eigenvalue weighted by Gasteiger charge is 2.40. The van der Waals surface area contributed by atoms with Gasteiger partial charge in [-0.1, -0.05) is 36.7 Å². The third-order valence-electron chi connectivity index (χ3n) is 7.53. The number of hydrogen-bond donors (Lipinski definition) is 5. The number of aliphatic carboxylic acids is 1. The second kappa shape index (κ2) is 13.6. The maximum atomic E-state index is 14.4. The molecule has 9 nitrogen and oxygen atoms in total. The van der Waals surface area contributed by atoms with E-state index in [0.717, 1.165) is 34.1 Å². The standard InChI is InChI=1S/C29H32ClN5O2.C2HF3O2/c1-17(22-15-32-24-8-5-4-7-21(22)24)26(34-29(37)25-9-6-12-31-25)28(36)27-19(16-35(2)3)13-18-14-20(30)10-11-23(18)33-27;3-2(4,5)1(6)7/h4-12,14-15,17,19,26-27,31-33H,13,16H2,1-3H3,(H,34,37);(H,6,7)/t17?,19-,26?,27?;/m1./s1. The van der Waals surface area contributed by atoms with Crippen molar-refractivity contribution in [1.82, 2.24) is 20.2 Å². The molecule has 44 heavy (non-hydrogen) atoms. The summed E-state index contributed by atoms with van der Waals surface area (Å²) in [5.41, 5.74) is 4.42. The van der Waals surface area contributed by atoms with Gasteiger partial charge in [0.2, 0.25) is 0 Å². The molecule has 1 amide bonds. The van der Waals surface area contributed by atoms with E-state index < -0.39 is 24.2 Å². The Bertz CT molecular complexity index is 1620. The van der Waals surface area contributed by atoms with E-state index in [4.69, 9.17) is 21.5 Å². The summed E-state index contributed by atoms with van der Waals surface area (Å²) < 4.78 is 31.7. The molecule has 13 heteroatoms. The molecule has 0 radical (unpaired) electrons. The van der Waals surface area contributed by atoms with Crippen molar-refractivity contribution in [1.29, 1.82) is 0 Å². The van der Waals surface area contributed by atoms with Crippen LogP contribution >= 0.6 is 11.6 Å². The van der Waals surface area contributed by atoms with Gasteiger partial charge < -0.3 is 30.6 Å². The number of carbonyl (C=O) groups excluding carboxylic acids is 2. The van der Waals surface area contributed by atoms with E-state index in [1.807, 2.05) is 69.7 Å². The number of nitrogens with one attached hydrogen (secondary N) is 4. The van der Waals surface area contributed by atoms with Crippen LogP contribution in [0, 0.1) is 5.92 Å². The average molecular weight is 632 g/mol. The molecule has 0 bridgehead atoms. The van der Waals surface area contributed by atoms with E-state index in [2.05, 4.69) is 25.5 Å². The summed E-state index contributed by atoms with van der Waals surface area (Å²) in [7, 11) is 4.02. The fourth-order valence-electron chi connectivity index (χ4n) is 5.48. The number of H-pyrrole nitrogens is 2. The quantitative estimate of drug-likeness (QED) is 0.175. The lowest BCUT2D eigenvalue weighted by atomic mass is 9.79. The summed E-state index contributed by atoms with van der Waals surface area (Å²) in [6, 6.07) is 16.0. The molecule has 0 spiro atoms. The predicted octanol–water partition coefficient (Wildman–Crippen LogP) is 5.47. The number of halogens is 4. The molecule has 0 aliphatic carbocycles. The zero-order chi connectivity index (χ0) is 32.2. The molecule has 2 aromatic heterocycles. The largest absolute Gasteiger partial charge is 0.490 e. The number of carboxylic acids is 1. The van der Waals surface area contributed by atoms with Crippen LogP contribution < -0.4 is 10.6 Å². The van der Waals surface area contributed by atoms with Crippen molar-refractivity contribution in [2.45, 2.75) is 37.5 Å². The number of hydrogen-bond acceptors (Lipinski definition) is 5. The minimum atomic E-state index is -5.08. The van der Waals surface area contributed by atoms with Crippen molar-refractivity contribution >= 4 is 45.9 Å². The van der Waals surface area contributed by atoms with Crippen molar-refractivity contribution in [2.24, 2.45) is 5.92 Å². The van der Waals surface area contributed by atoms with Crippen molar-refractivity contribution in [3.63, 3.8) is 0 Å². The Morgan fingerprint density at radius 2 is 1.80 bits per heavy atom. The number of nitrogens with zero attached hydrogens (tertiary/aromatic N) is 1. The lowest BCUT2D eigenvalue weighted by Gasteiger charge is -2.38. The third kappa shape index (κ3) is 7.61. The third-order valence-corrected chi connectivity index (χ3v) is 7.76. The maximum absolute atomic E-state index is 14.4. The van der Waals surface area contributed by atoms with Gasteiger partial charge in [0, 0.05) is 52.4 Å². The molecule has 3 unspecified atom stereocenters. The second-order valence-electron chi connectivity index (χ2n) is 11.0. The number of amides is 1. The number of carboxylic acid groups (broad SMARTS) is 1. The molecule has 0 saturated heterocycles. The molecule has 2 aromatic carbocycles. The Morgan fingerprint density at radius 1 is 1.09 bits per heavy atom. The number of ketones is 1. The number of aromatic nitrogens is 2. The van der Waals surface area contributed by atoms with Crippen LogP contribution in [-0.4, -0.2) is 76.5 Å². The van der Waals surface area contributed by atoms with Crippen LogP contribution in [0.1, 0.15) is 34.5 Å². The Kier molecular flexibility index (Phi) is 10.1. The van der Waals surface area contributed by atoms with Crippen molar-refractivity contribution in [2.75, 3.05) is 26.0 Å². The lowest BCUT2D eigenvalue weighted by molar-refractivity contribution is -0.192. The fraction of sp³-hybridized carbons (Fsp3) is 0.323. The number of aromatic amines is 2. The lowest BCUT2D eigenvalue weighted by Crippen LogP contribution is -2.55. The summed E-state index contributed by atoms with van der Waals surface area (Å²) in [6.07, 6.45) is -0.720. The molecule has 234 valence electrons. The number of Topliss-reactive ketones (excluding diaryl/α,β-unsaturated/α-hetero) is 1. The van der Waals surface area contributed by atoms with E-state index in [0.29, 0.717) is 17.3 Å². The van der Waals surface area contributed by atoms with Crippen LogP contribution in [0.3, 0.4) is 0 Å². The van der Waals surface area contributed by atoms with Crippen LogP contribution in [-0.2, 0) is 16.0 Å². The normalized spacial score (nSPS) is 17.5. The first-order valence-corrected chi connectivity index (χ1v) is 14.2. The Morgan fingerprint density at radius 3 is 2.43 bits per heavy atom. The van der Waals surface area contributed by atoms with Crippen LogP contribution in [0.5, 0.6) is 0 Å². The summed E-state index contributed by atoms with van der Waals surface area (Å²) in [5.74, 6) is -3.36. The van der Waals surface area contributed by atoms with E-state index in [1.165, 1.54) is 0 Å². The van der Waals surface area contributed by atoms with Crippen molar-refractivity contribution < 1.29 is 32.7 Å². The number of rotatable bonds is 8. The fourth-order valence-corrected chi connectivity index (χ4v) is 5.67. The van der Waals surface area contributed by atoms with E-state index in [9.17, 15) is 22.8 Å². The molecule has 5 rings (SSSR count). The number of fused-ring (bicyclic) bond motifs is 2. The molecule has 3 heterocycles. The van der Waals surface area contributed by atoms with Crippen molar-refractivity contribution in [3.8, 4) is 0 Å². The zero-order valence-corrected chi connectivity index (χ0v) is 25.0. The van der Waals surface area contributed by atoms with Crippen LogP contribution in [0.15, 0.2) is 67.0 Å². The van der Waals surface area contributed by atoms with Crippen LogP contribution in [0.4, 0.5) is 18.9 Å². The summed E-state index contributed by atoms with van der Waals surface area (Å²) >= 11 is 6.27. The van der Waals surface area contributed by atoms with Gasteiger partial charge in [0.1, 0.15) is 5.69 Å². The average Bonchev–Trinajstić information content (AvgIpc) is 3.65. The topological polar surface area (TPSA) is 130 Å². The molecule has 1 aliphatic heterocycles. The zero-order valence-electron chi connectivity index (χ0n) is 24.2. The highest BCUT2D eigenvalue weighted by molar-refractivity contribution is 6.30. The van der Waals surface area contributed by atoms with Crippen LogP contribution in [0.2, 0.25) is 5.02 Å². The number of carbonyl (C=O) groups is 3. The highest BCUT2D eigenvalue weighted by atomic mass is 35.5. The maximum Gasteiger partial charge on any atom is 0.490 e. The van der Waals surface area contributed by atoms with Gasteiger partial charge in [0.05, 0.1) is 12.1 Å². The molecule has 0 saturated carbocycles. The number of alkyl halides is 3. The minimum absolute atomic E-state index is 0.00789. The van der Waals surface area contributed by atoms with Crippen LogP contribution in [0.25, 0.3) is 10.9 Å². The smallest absolute Gasteiger partial charge is 0.475 e. The Balaban J connectivity index is 0.000000566. The SMILES string of the molecule is CC(c1c[nH]c2ccccc12)C(NC(=O)c1ccc[nH]1)C(=O)C1Nc2ccc(Cl)cc2C[C@@H]1CN(C)C.O=C(O)C(F)(F)F. The van der Waals surface area contributed by atoms with Gasteiger partial charge in [-0.3, -0.25) is 9.59 Å². The van der Waals surface area contributed by atoms with Gasteiger partial charge in [-0.05, 0) is 68.0 Å². The van der Waals surface area contributed by atoms with Gasteiger partial charge in [-0.2, -0.15) is 13.2 Å². The van der Waals surface area contributed by atoms with Crippen molar-refractivity contribution in [3.05, 3.63) is 88.8 Å². The summed E-state index contributed by atoms with van der Waals surface area (Å²) in [5, 5.41) is 15.4. The first-order valence-electron chi connectivity index (χ1n) is 13.8.